The first-order valence-electron chi connectivity index (χ1n) is 8.81. The summed E-state index contributed by atoms with van der Waals surface area (Å²) < 4.78 is 2.06. The summed E-state index contributed by atoms with van der Waals surface area (Å²) in [4.78, 5) is 5.93. The van der Waals surface area contributed by atoms with Crippen molar-refractivity contribution in [1.29, 1.82) is 0 Å². The van der Waals surface area contributed by atoms with Crippen LogP contribution in [0.4, 0.5) is 0 Å². The van der Waals surface area contributed by atoms with Crippen LogP contribution in [0.25, 0.3) is 0 Å². The molecule has 0 bridgehead atoms. The monoisotopic (exact) mass is 488 g/mol. The van der Waals surface area contributed by atoms with Gasteiger partial charge in [-0.15, -0.1) is 45.9 Å². The minimum atomic E-state index is 0. The van der Waals surface area contributed by atoms with Crippen molar-refractivity contribution in [3.05, 3.63) is 42.0 Å². The second-order valence-corrected chi connectivity index (χ2v) is 6.81. The van der Waals surface area contributed by atoms with Gasteiger partial charge in [0.05, 0.1) is 6.54 Å². The molecule has 0 radical (unpaired) electrons. The van der Waals surface area contributed by atoms with Gasteiger partial charge < -0.3 is 15.2 Å². The van der Waals surface area contributed by atoms with Crippen molar-refractivity contribution in [2.75, 3.05) is 25.4 Å². The smallest absolute Gasteiger partial charge is 0.191 e. The summed E-state index contributed by atoms with van der Waals surface area (Å²) in [6.07, 6.45) is 2.66. The molecule has 1 heterocycles. The van der Waals surface area contributed by atoms with Gasteiger partial charge in [-0.25, -0.2) is 0 Å². The molecule has 0 spiro atoms. The summed E-state index contributed by atoms with van der Waals surface area (Å²) in [7, 11) is 0. The largest absolute Gasteiger partial charge is 0.357 e. The zero-order valence-corrected chi connectivity index (χ0v) is 18.9. The van der Waals surface area contributed by atoms with Gasteiger partial charge in [0.25, 0.3) is 0 Å². The van der Waals surface area contributed by atoms with Gasteiger partial charge in [0.2, 0.25) is 0 Å². The Morgan fingerprint density at radius 1 is 1.19 bits per heavy atom. The fourth-order valence-corrected chi connectivity index (χ4v) is 3.09. The van der Waals surface area contributed by atoms with Crippen LogP contribution in [0.3, 0.4) is 0 Å². The first-order chi connectivity index (χ1) is 12.2. The molecular weight excluding hydrogens is 459 g/mol. The summed E-state index contributed by atoms with van der Waals surface area (Å²) in [6.45, 7) is 9.49. The lowest BCUT2D eigenvalue weighted by molar-refractivity contribution is 0.662. The first-order valence-corrected chi connectivity index (χ1v) is 9.79. The van der Waals surface area contributed by atoms with E-state index < -0.39 is 0 Å². The van der Waals surface area contributed by atoms with Gasteiger partial charge in [-0.05, 0) is 26.0 Å². The summed E-state index contributed by atoms with van der Waals surface area (Å²) in [6, 6.07) is 8.64. The lowest BCUT2D eigenvalue weighted by Crippen LogP contribution is -2.38. The molecule has 8 heteroatoms. The standard InChI is InChI=1S/C18H28N6S.HI/c1-4-17-23-22-14-24(17)12-10-20-18(19-5-2)21-11-13-25-16-8-6-15(3)7-9-16;/h6-9,14H,4-5,10-13H2,1-3H3,(H2,19,20,21);1H. The highest BCUT2D eigenvalue weighted by molar-refractivity contribution is 14.0. The van der Waals surface area contributed by atoms with Crippen LogP contribution in [0, 0.1) is 6.92 Å². The number of hydrogen-bond donors (Lipinski definition) is 2. The second-order valence-electron chi connectivity index (χ2n) is 5.64. The molecule has 0 fully saturated rings. The molecule has 0 unspecified atom stereocenters. The zero-order chi connectivity index (χ0) is 17.9. The topological polar surface area (TPSA) is 67.1 Å². The van der Waals surface area contributed by atoms with Crippen LogP contribution in [0.2, 0.25) is 0 Å². The van der Waals surface area contributed by atoms with Crippen molar-refractivity contribution in [1.82, 2.24) is 25.4 Å². The maximum atomic E-state index is 4.63. The molecular formula is C18H29IN6S. The van der Waals surface area contributed by atoms with E-state index in [1.54, 1.807) is 6.33 Å². The number of thioether (sulfide) groups is 1. The molecule has 0 saturated carbocycles. The van der Waals surface area contributed by atoms with Gasteiger partial charge in [0, 0.05) is 36.7 Å². The number of aromatic nitrogens is 3. The minimum absolute atomic E-state index is 0. The Labute approximate surface area is 177 Å². The second kappa shape index (κ2) is 13.0. The average Bonchev–Trinajstić information content (AvgIpc) is 3.07. The van der Waals surface area contributed by atoms with Crippen molar-refractivity contribution >= 4 is 41.7 Å². The van der Waals surface area contributed by atoms with E-state index in [1.165, 1.54) is 10.5 Å². The number of benzene rings is 1. The number of aliphatic imine (C=N–C) groups is 1. The van der Waals surface area contributed by atoms with Crippen LogP contribution in [0.15, 0.2) is 40.5 Å². The Morgan fingerprint density at radius 3 is 2.65 bits per heavy atom. The predicted octanol–water partition coefficient (Wildman–Crippen LogP) is 3.11. The number of hydrogen-bond acceptors (Lipinski definition) is 4. The van der Waals surface area contributed by atoms with Gasteiger partial charge in [0.1, 0.15) is 12.2 Å². The molecule has 1 aromatic heterocycles. The van der Waals surface area contributed by atoms with E-state index in [-0.39, 0.29) is 24.0 Å². The average molecular weight is 488 g/mol. The van der Waals surface area contributed by atoms with Gasteiger partial charge in [-0.2, -0.15) is 0 Å². The molecule has 6 nitrogen and oxygen atoms in total. The van der Waals surface area contributed by atoms with Crippen LogP contribution >= 0.6 is 35.7 Å². The lowest BCUT2D eigenvalue weighted by atomic mass is 10.2. The fraction of sp³-hybridized carbons (Fsp3) is 0.500. The van der Waals surface area contributed by atoms with Crippen LogP contribution in [-0.4, -0.2) is 46.1 Å². The molecule has 0 aliphatic carbocycles. The molecule has 0 aliphatic rings. The van der Waals surface area contributed by atoms with E-state index in [0.29, 0.717) is 6.54 Å². The Morgan fingerprint density at radius 2 is 1.96 bits per heavy atom. The Hall–Kier alpha value is -1.29. The Kier molecular flexibility index (Phi) is 11.3. The quantitative estimate of drug-likeness (QED) is 0.187. The van der Waals surface area contributed by atoms with E-state index in [0.717, 1.165) is 43.6 Å². The third kappa shape index (κ3) is 7.94. The molecule has 0 amide bonds. The van der Waals surface area contributed by atoms with Crippen LogP contribution in [-0.2, 0) is 13.0 Å². The number of rotatable bonds is 9. The number of guanidine groups is 1. The van der Waals surface area contributed by atoms with Crippen molar-refractivity contribution in [3.63, 3.8) is 0 Å². The van der Waals surface area contributed by atoms with Crippen LogP contribution in [0.1, 0.15) is 25.2 Å². The lowest BCUT2D eigenvalue weighted by Gasteiger charge is -2.11. The molecule has 144 valence electrons. The highest BCUT2D eigenvalue weighted by atomic mass is 127. The number of nitrogens with zero attached hydrogens (tertiary/aromatic N) is 4. The van der Waals surface area contributed by atoms with Gasteiger partial charge in [-0.3, -0.25) is 4.99 Å². The molecule has 0 saturated heterocycles. The van der Waals surface area contributed by atoms with E-state index >= 15 is 0 Å². The molecule has 0 atom stereocenters. The minimum Gasteiger partial charge on any atom is -0.357 e. The van der Waals surface area contributed by atoms with Gasteiger partial charge >= 0.3 is 0 Å². The van der Waals surface area contributed by atoms with E-state index in [2.05, 4.69) is 75.4 Å². The van der Waals surface area contributed by atoms with Crippen molar-refractivity contribution < 1.29 is 0 Å². The fourth-order valence-electron chi connectivity index (χ4n) is 2.32. The number of aryl methyl sites for hydroxylation is 2. The van der Waals surface area contributed by atoms with Crippen LogP contribution in [0.5, 0.6) is 0 Å². The number of halogens is 1. The first kappa shape index (κ1) is 22.8. The van der Waals surface area contributed by atoms with Gasteiger partial charge in [-0.1, -0.05) is 24.6 Å². The molecule has 2 aromatic rings. The predicted molar refractivity (Wildman–Crippen MR) is 121 cm³/mol. The van der Waals surface area contributed by atoms with E-state index in [9.17, 15) is 0 Å². The highest BCUT2D eigenvalue weighted by Crippen LogP contribution is 2.17. The van der Waals surface area contributed by atoms with Crippen molar-refractivity contribution in [2.45, 2.75) is 38.6 Å². The third-order valence-corrected chi connectivity index (χ3v) is 4.66. The molecule has 26 heavy (non-hydrogen) atoms. The SMILES string of the molecule is CCNC(=NCCn1cnnc1CC)NCCSc1ccc(C)cc1.I. The highest BCUT2D eigenvalue weighted by Gasteiger charge is 2.01. The van der Waals surface area contributed by atoms with Gasteiger partial charge in [0.15, 0.2) is 5.96 Å². The Bertz CT molecular complexity index is 656. The normalized spacial score (nSPS) is 11.1. The molecule has 2 N–H and O–H groups in total. The van der Waals surface area contributed by atoms with Crippen molar-refractivity contribution in [3.8, 4) is 0 Å². The summed E-state index contributed by atoms with van der Waals surface area (Å²) >= 11 is 1.85. The summed E-state index contributed by atoms with van der Waals surface area (Å²) in [5.41, 5.74) is 1.29. The summed E-state index contributed by atoms with van der Waals surface area (Å²) in [5.74, 6) is 2.86. The third-order valence-electron chi connectivity index (χ3n) is 3.65. The maximum absolute atomic E-state index is 4.63. The molecule has 2 rings (SSSR count). The summed E-state index contributed by atoms with van der Waals surface area (Å²) in [5, 5.41) is 14.7. The zero-order valence-electron chi connectivity index (χ0n) is 15.7. The molecule has 1 aromatic carbocycles. The van der Waals surface area contributed by atoms with Crippen molar-refractivity contribution in [2.24, 2.45) is 4.99 Å². The number of nitrogens with one attached hydrogen (secondary N) is 2. The maximum Gasteiger partial charge on any atom is 0.191 e. The van der Waals surface area contributed by atoms with E-state index in [4.69, 9.17) is 0 Å². The van der Waals surface area contributed by atoms with Crippen LogP contribution < -0.4 is 10.6 Å². The Balaban J connectivity index is 0.00000338. The molecule has 0 aliphatic heterocycles. The van der Waals surface area contributed by atoms with E-state index in [1.807, 2.05) is 11.8 Å².